The number of H-pyrrole nitrogens is 1. The molecule has 1 unspecified atom stereocenters. The van der Waals surface area contributed by atoms with Crippen LogP contribution in [0.4, 0.5) is 0 Å². The molecule has 1 aliphatic carbocycles. The first-order valence-corrected chi connectivity index (χ1v) is 9.12. The van der Waals surface area contributed by atoms with Crippen LogP contribution < -0.4 is 4.72 Å². The van der Waals surface area contributed by atoms with Crippen LogP contribution in [0.25, 0.3) is 10.9 Å². The van der Waals surface area contributed by atoms with E-state index in [-0.39, 0.29) is 0 Å². The Kier molecular flexibility index (Phi) is 3.92. The molecule has 1 aliphatic rings. The summed E-state index contributed by atoms with van der Waals surface area (Å²) in [4.78, 5) is 4.94. The number of hydrogen-bond donors (Lipinski definition) is 2. The molecule has 0 aliphatic heterocycles. The number of aromatic nitrogens is 1. The van der Waals surface area contributed by atoms with Crippen molar-refractivity contribution in [3.8, 4) is 0 Å². The van der Waals surface area contributed by atoms with Crippen LogP contribution in [0.2, 0.25) is 0 Å². The third kappa shape index (κ3) is 2.91. The molecular formula is C20H22N2S. The fraction of sp³-hybridized carbons (Fsp3) is 0.300. The Morgan fingerprint density at radius 2 is 1.83 bits per heavy atom. The van der Waals surface area contributed by atoms with Gasteiger partial charge in [-0.05, 0) is 74.9 Å². The predicted molar refractivity (Wildman–Crippen MR) is 98.9 cm³/mol. The molecule has 0 spiro atoms. The Bertz CT molecular complexity index is 833. The Morgan fingerprint density at radius 3 is 2.65 bits per heavy atom. The number of nitrogens with one attached hydrogen (secondary N) is 2. The summed E-state index contributed by atoms with van der Waals surface area (Å²) in [6.45, 7) is 4.30. The number of aryl methyl sites for hydroxylation is 3. The van der Waals surface area contributed by atoms with Gasteiger partial charge in [0.25, 0.3) is 0 Å². The van der Waals surface area contributed by atoms with Crippen molar-refractivity contribution < 1.29 is 0 Å². The Hall–Kier alpha value is -1.71. The van der Waals surface area contributed by atoms with Crippen LogP contribution in [0, 0.1) is 13.8 Å². The maximum Gasteiger partial charge on any atom is 0.0578 e. The van der Waals surface area contributed by atoms with Gasteiger partial charge in [-0.2, -0.15) is 0 Å². The SMILES string of the molecule is Cc1ccc(SNC2CCCc3c2[nH]c2ccc(C)cc32)cc1. The third-order valence-corrected chi connectivity index (χ3v) is 5.61. The van der Waals surface area contributed by atoms with Crippen molar-refractivity contribution in [1.82, 2.24) is 9.71 Å². The Balaban J connectivity index is 1.60. The Labute approximate surface area is 141 Å². The molecule has 3 aromatic rings. The van der Waals surface area contributed by atoms with Gasteiger partial charge in [0, 0.05) is 21.5 Å². The number of benzene rings is 2. The second-order valence-electron chi connectivity index (χ2n) is 6.54. The summed E-state index contributed by atoms with van der Waals surface area (Å²) in [6.07, 6.45) is 3.63. The molecule has 2 N–H and O–H groups in total. The molecule has 23 heavy (non-hydrogen) atoms. The number of fused-ring (bicyclic) bond motifs is 3. The summed E-state index contributed by atoms with van der Waals surface area (Å²) < 4.78 is 3.67. The lowest BCUT2D eigenvalue weighted by molar-refractivity contribution is 0.535. The van der Waals surface area contributed by atoms with Crippen molar-refractivity contribution in [1.29, 1.82) is 0 Å². The van der Waals surface area contributed by atoms with Crippen LogP contribution in [0.1, 0.15) is 41.3 Å². The van der Waals surface area contributed by atoms with Crippen molar-refractivity contribution in [2.45, 2.75) is 44.0 Å². The lowest BCUT2D eigenvalue weighted by Gasteiger charge is -2.23. The summed E-state index contributed by atoms with van der Waals surface area (Å²) in [5.74, 6) is 0. The van der Waals surface area contributed by atoms with E-state index in [1.807, 2.05) is 0 Å². The second-order valence-corrected chi connectivity index (χ2v) is 7.46. The number of rotatable bonds is 3. The van der Waals surface area contributed by atoms with E-state index in [1.165, 1.54) is 57.4 Å². The highest BCUT2D eigenvalue weighted by atomic mass is 32.2. The van der Waals surface area contributed by atoms with E-state index >= 15 is 0 Å². The molecule has 1 heterocycles. The van der Waals surface area contributed by atoms with E-state index in [9.17, 15) is 0 Å². The molecule has 0 fully saturated rings. The van der Waals surface area contributed by atoms with Gasteiger partial charge in [0.05, 0.1) is 6.04 Å². The summed E-state index contributed by atoms with van der Waals surface area (Å²) in [5, 5.41) is 1.41. The van der Waals surface area contributed by atoms with Crippen LogP contribution in [-0.4, -0.2) is 4.98 Å². The van der Waals surface area contributed by atoms with Crippen LogP contribution in [0.15, 0.2) is 47.4 Å². The summed E-state index contributed by atoms with van der Waals surface area (Å²) in [7, 11) is 0. The largest absolute Gasteiger partial charge is 0.357 e. The first kappa shape index (κ1) is 14.9. The van der Waals surface area contributed by atoms with Gasteiger partial charge in [0.2, 0.25) is 0 Å². The minimum atomic E-state index is 0.401. The molecule has 0 bridgehead atoms. The minimum absolute atomic E-state index is 0.401. The summed E-state index contributed by atoms with van der Waals surface area (Å²) in [6, 6.07) is 15.8. The van der Waals surface area contributed by atoms with E-state index in [4.69, 9.17) is 0 Å². The van der Waals surface area contributed by atoms with Crippen LogP contribution >= 0.6 is 11.9 Å². The average molecular weight is 322 g/mol. The fourth-order valence-electron chi connectivity index (χ4n) is 3.44. The van der Waals surface area contributed by atoms with Gasteiger partial charge >= 0.3 is 0 Å². The van der Waals surface area contributed by atoms with E-state index in [1.54, 1.807) is 11.9 Å². The van der Waals surface area contributed by atoms with E-state index in [0.29, 0.717) is 6.04 Å². The minimum Gasteiger partial charge on any atom is -0.357 e. The van der Waals surface area contributed by atoms with E-state index in [0.717, 1.165) is 0 Å². The van der Waals surface area contributed by atoms with Gasteiger partial charge < -0.3 is 4.98 Å². The van der Waals surface area contributed by atoms with Gasteiger partial charge in [-0.1, -0.05) is 29.3 Å². The normalized spacial score (nSPS) is 17.4. The van der Waals surface area contributed by atoms with Gasteiger partial charge in [0.1, 0.15) is 0 Å². The molecule has 0 radical (unpaired) electrons. The topological polar surface area (TPSA) is 27.8 Å². The van der Waals surface area contributed by atoms with Crippen LogP contribution in [0.3, 0.4) is 0 Å². The lowest BCUT2D eigenvalue weighted by atomic mass is 9.92. The van der Waals surface area contributed by atoms with Gasteiger partial charge in [-0.15, -0.1) is 0 Å². The highest BCUT2D eigenvalue weighted by molar-refractivity contribution is 7.97. The quantitative estimate of drug-likeness (QED) is 0.627. The highest BCUT2D eigenvalue weighted by Crippen LogP contribution is 2.36. The smallest absolute Gasteiger partial charge is 0.0578 e. The molecule has 0 saturated heterocycles. The van der Waals surface area contributed by atoms with Crippen molar-refractivity contribution in [2.75, 3.05) is 0 Å². The Morgan fingerprint density at radius 1 is 1.04 bits per heavy atom. The molecule has 118 valence electrons. The van der Waals surface area contributed by atoms with Crippen molar-refractivity contribution in [3.05, 3.63) is 64.8 Å². The second kappa shape index (κ2) is 6.06. The molecule has 4 rings (SSSR count). The number of hydrogen-bond acceptors (Lipinski definition) is 2. The maximum absolute atomic E-state index is 3.67. The first-order valence-electron chi connectivity index (χ1n) is 8.31. The zero-order chi connectivity index (χ0) is 15.8. The lowest BCUT2D eigenvalue weighted by Crippen LogP contribution is -2.19. The molecule has 0 amide bonds. The average Bonchev–Trinajstić information content (AvgIpc) is 2.93. The molecule has 1 aromatic heterocycles. The fourth-order valence-corrected chi connectivity index (χ4v) is 4.23. The summed E-state index contributed by atoms with van der Waals surface area (Å²) >= 11 is 1.74. The molecule has 2 nitrogen and oxygen atoms in total. The third-order valence-electron chi connectivity index (χ3n) is 4.70. The van der Waals surface area contributed by atoms with E-state index in [2.05, 4.69) is 66.0 Å². The number of aromatic amines is 1. The van der Waals surface area contributed by atoms with Gasteiger partial charge in [-0.3, -0.25) is 4.72 Å². The zero-order valence-corrected chi connectivity index (χ0v) is 14.5. The van der Waals surface area contributed by atoms with Gasteiger partial charge in [-0.25, -0.2) is 0 Å². The first-order chi connectivity index (χ1) is 11.2. The molecule has 3 heteroatoms. The highest BCUT2D eigenvalue weighted by Gasteiger charge is 2.24. The molecule has 1 atom stereocenters. The maximum atomic E-state index is 3.67. The van der Waals surface area contributed by atoms with Crippen molar-refractivity contribution in [3.63, 3.8) is 0 Å². The van der Waals surface area contributed by atoms with Gasteiger partial charge in [0.15, 0.2) is 0 Å². The van der Waals surface area contributed by atoms with E-state index < -0.39 is 0 Å². The molecular weight excluding hydrogens is 300 g/mol. The van der Waals surface area contributed by atoms with Crippen LogP contribution in [0.5, 0.6) is 0 Å². The van der Waals surface area contributed by atoms with Crippen LogP contribution in [-0.2, 0) is 6.42 Å². The zero-order valence-electron chi connectivity index (χ0n) is 13.6. The van der Waals surface area contributed by atoms with Crippen molar-refractivity contribution in [2.24, 2.45) is 0 Å². The molecule has 0 saturated carbocycles. The molecule has 2 aromatic carbocycles. The van der Waals surface area contributed by atoms with Crippen molar-refractivity contribution >= 4 is 22.9 Å². The summed E-state index contributed by atoms with van der Waals surface area (Å²) in [5.41, 5.74) is 6.81. The predicted octanol–water partition coefficient (Wildman–Crippen LogP) is 5.46. The monoisotopic (exact) mass is 322 g/mol. The standard InChI is InChI=1S/C20H22N2S/c1-13-6-9-15(10-7-13)23-22-19-5-3-4-16-17-12-14(2)8-11-18(17)21-20(16)19/h6-12,19,21-22H,3-5H2,1-2H3.